The zero-order valence-corrected chi connectivity index (χ0v) is 12.7. The third-order valence-corrected chi connectivity index (χ3v) is 4.34. The van der Waals surface area contributed by atoms with Gasteiger partial charge in [-0.2, -0.15) is 9.49 Å². The van der Waals surface area contributed by atoms with E-state index < -0.39 is 31.3 Å². The molecule has 0 fully saturated rings. The summed E-state index contributed by atoms with van der Waals surface area (Å²) >= 11 is 0. The molecule has 0 atom stereocenters. The monoisotopic (exact) mass is 344 g/mol. The van der Waals surface area contributed by atoms with Crippen molar-refractivity contribution < 1.29 is 22.8 Å². The number of sulfonamides is 1. The van der Waals surface area contributed by atoms with E-state index in [0.29, 0.717) is 5.69 Å². The number of hydrogen-bond acceptors (Lipinski definition) is 6. The van der Waals surface area contributed by atoms with Gasteiger partial charge in [-0.15, -0.1) is 0 Å². The molecule has 0 aliphatic carbocycles. The number of rotatable bonds is 6. The van der Waals surface area contributed by atoms with Gasteiger partial charge >= 0.3 is 5.69 Å². The van der Waals surface area contributed by atoms with E-state index in [2.05, 4.69) is 9.82 Å². The normalized spacial score (nSPS) is 11.4. The van der Waals surface area contributed by atoms with Crippen molar-refractivity contribution in [3.63, 3.8) is 0 Å². The number of nitrogens with one attached hydrogen (secondary N) is 1. The van der Waals surface area contributed by atoms with Gasteiger partial charge in [0.25, 0.3) is 10.0 Å². The van der Waals surface area contributed by atoms with Crippen molar-refractivity contribution in [3.05, 3.63) is 45.9 Å². The van der Waals surface area contributed by atoms with Gasteiger partial charge in [0.2, 0.25) is 5.82 Å². The smallest absolute Gasteiger partial charge is 0.325 e. The Kier molecular flexibility index (Phi) is 4.61. The zero-order chi connectivity index (χ0) is 17.2. The van der Waals surface area contributed by atoms with Gasteiger partial charge in [-0.25, -0.2) is 8.42 Å². The number of aryl methyl sites for hydroxylation is 1. The second-order valence-electron chi connectivity index (χ2n) is 4.57. The number of anilines is 1. The highest BCUT2D eigenvalue weighted by Crippen LogP contribution is 2.28. The fourth-order valence-corrected chi connectivity index (χ4v) is 3.13. The molecule has 1 heterocycles. The van der Waals surface area contributed by atoms with Gasteiger partial charge in [0.15, 0.2) is 10.7 Å². The quantitative estimate of drug-likeness (QED) is 0.595. The molecule has 0 saturated heterocycles. The SMILES string of the molecule is Cc1cc(NS(=O)(=O)c2cccc(F)c2[N+](=O)[O-])nn1CCO. The van der Waals surface area contributed by atoms with E-state index in [1.807, 2.05) is 0 Å². The molecule has 11 heteroatoms. The molecule has 0 saturated carbocycles. The standard InChI is InChI=1S/C12H13FN4O5S/c1-8-7-11(14-16(8)5-6-18)15-23(21,22)10-4-2-3-9(13)12(10)17(19)20/h2-4,7,18H,5-6H2,1H3,(H,14,15). The molecular weight excluding hydrogens is 331 g/mol. The molecule has 9 nitrogen and oxygen atoms in total. The average Bonchev–Trinajstić information content (AvgIpc) is 2.77. The average molecular weight is 344 g/mol. The molecule has 1 aromatic heterocycles. The van der Waals surface area contributed by atoms with E-state index in [1.54, 1.807) is 6.92 Å². The second-order valence-corrected chi connectivity index (χ2v) is 6.22. The minimum Gasteiger partial charge on any atom is -0.394 e. The predicted molar refractivity (Wildman–Crippen MR) is 77.9 cm³/mol. The molecule has 1 aromatic carbocycles. The van der Waals surface area contributed by atoms with Crippen LogP contribution in [0, 0.1) is 22.9 Å². The second kappa shape index (κ2) is 6.30. The minimum absolute atomic E-state index is 0.0884. The molecule has 23 heavy (non-hydrogen) atoms. The van der Waals surface area contributed by atoms with Gasteiger partial charge in [-0.1, -0.05) is 6.07 Å². The van der Waals surface area contributed by atoms with Crippen LogP contribution >= 0.6 is 0 Å². The van der Waals surface area contributed by atoms with Crippen LogP contribution in [0.5, 0.6) is 0 Å². The van der Waals surface area contributed by atoms with Gasteiger partial charge in [-0.05, 0) is 19.1 Å². The van der Waals surface area contributed by atoms with Gasteiger partial charge < -0.3 is 5.11 Å². The van der Waals surface area contributed by atoms with Crippen LogP contribution in [-0.4, -0.2) is 34.8 Å². The summed E-state index contributed by atoms with van der Waals surface area (Å²) in [5.74, 6) is -1.34. The van der Waals surface area contributed by atoms with E-state index >= 15 is 0 Å². The first-order valence-electron chi connectivity index (χ1n) is 6.37. The molecule has 124 valence electrons. The number of halogens is 1. The van der Waals surface area contributed by atoms with Crippen LogP contribution in [-0.2, 0) is 16.6 Å². The maximum Gasteiger partial charge on any atom is 0.325 e. The number of aliphatic hydroxyl groups is 1. The first-order valence-corrected chi connectivity index (χ1v) is 7.85. The number of nitro benzene ring substituents is 1. The van der Waals surface area contributed by atoms with E-state index in [-0.39, 0.29) is 19.0 Å². The Balaban J connectivity index is 2.42. The highest BCUT2D eigenvalue weighted by atomic mass is 32.2. The minimum atomic E-state index is -4.40. The highest BCUT2D eigenvalue weighted by molar-refractivity contribution is 7.92. The highest BCUT2D eigenvalue weighted by Gasteiger charge is 2.30. The molecular formula is C12H13FN4O5S. The van der Waals surface area contributed by atoms with Gasteiger partial charge in [0.1, 0.15) is 0 Å². The Morgan fingerprint density at radius 1 is 1.48 bits per heavy atom. The largest absolute Gasteiger partial charge is 0.394 e. The number of para-hydroxylation sites is 1. The number of aliphatic hydroxyl groups excluding tert-OH is 1. The Labute approximate surface area is 130 Å². The Hall–Kier alpha value is -2.53. The third-order valence-electron chi connectivity index (χ3n) is 2.95. The molecule has 0 bridgehead atoms. The number of nitrogens with zero attached hydrogens (tertiary/aromatic N) is 3. The van der Waals surface area contributed by atoms with Crippen molar-refractivity contribution in [1.82, 2.24) is 9.78 Å². The van der Waals surface area contributed by atoms with Crippen LogP contribution in [0.3, 0.4) is 0 Å². The summed E-state index contributed by atoms with van der Waals surface area (Å²) in [6.45, 7) is 1.61. The Morgan fingerprint density at radius 2 is 2.17 bits per heavy atom. The molecule has 0 radical (unpaired) electrons. The molecule has 0 unspecified atom stereocenters. The lowest BCUT2D eigenvalue weighted by Crippen LogP contribution is -2.16. The number of benzene rings is 1. The van der Waals surface area contributed by atoms with Gasteiger partial charge in [-0.3, -0.25) is 19.5 Å². The summed E-state index contributed by atoms with van der Waals surface area (Å²) in [4.78, 5) is 9.02. The predicted octanol–water partition coefficient (Wildman–Crippen LogP) is 1.03. The van der Waals surface area contributed by atoms with Crippen molar-refractivity contribution in [2.45, 2.75) is 18.4 Å². The first kappa shape index (κ1) is 16.8. The van der Waals surface area contributed by atoms with Crippen molar-refractivity contribution in [1.29, 1.82) is 0 Å². The van der Waals surface area contributed by atoms with E-state index in [1.165, 1.54) is 10.7 Å². The Bertz CT molecular complexity index is 849. The summed E-state index contributed by atoms with van der Waals surface area (Å²) in [6, 6.07) is 4.18. The van der Waals surface area contributed by atoms with Crippen molar-refractivity contribution in [2.24, 2.45) is 0 Å². The van der Waals surface area contributed by atoms with Crippen LogP contribution in [0.2, 0.25) is 0 Å². The first-order chi connectivity index (χ1) is 10.8. The summed E-state index contributed by atoms with van der Waals surface area (Å²) in [6.07, 6.45) is 0. The summed E-state index contributed by atoms with van der Waals surface area (Å²) in [5.41, 5.74) is -0.558. The summed E-state index contributed by atoms with van der Waals surface area (Å²) < 4.78 is 41.5. The van der Waals surface area contributed by atoms with Crippen LogP contribution < -0.4 is 4.72 Å². The summed E-state index contributed by atoms with van der Waals surface area (Å²) in [7, 11) is -4.40. The molecule has 2 N–H and O–H groups in total. The Morgan fingerprint density at radius 3 is 2.78 bits per heavy atom. The fourth-order valence-electron chi connectivity index (χ4n) is 1.96. The maximum absolute atomic E-state index is 13.6. The lowest BCUT2D eigenvalue weighted by molar-refractivity contribution is -0.390. The lowest BCUT2D eigenvalue weighted by Gasteiger charge is -2.06. The lowest BCUT2D eigenvalue weighted by atomic mass is 10.3. The molecule has 0 aliphatic heterocycles. The number of aromatic nitrogens is 2. The van der Waals surface area contributed by atoms with E-state index in [9.17, 15) is 22.9 Å². The molecule has 2 aromatic rings. The van der Waals surface area contributed by atoms with Crippen LogP contribution in [0.15, 0.2) is 29.2 Å². The van der Waals surface area contributed by atoms with E-state index in [4.69, 9.17) is 5.11 Å². The van der Waals surface area contributed by atoms with Crippen LogP contribution in [0.25, 0.3) is 0 Å². The molecule has 0 spiro atoms. The van der Waals surface area contributed by atoms with Crippen LogP contribution in [0.1, 0.15) is 5.69 Å². The van der Waals surface area contributed by atoms with Gasteiger partial charge in [0, 0.05) is 11.8 Å². The number of nitro groups is 1. The topological polar surface area (TPSA) is 127 Å². The molecule has 0 aliphatic rings. The van der Waals surface area contributed by atoms with Crippen molar-refractivity contribution >= 4 is 21.5 Å². The zero-order valence-electron chi connectivity index (χ0n) is 11.9. The third kappa shape index (κ3) is 3.46. The maximum atomic E-state index is 13.6. The van der Waals surface area contributed by atoms with Crippen molar-refractivity contribution in [2.75, 3.05) is 11.3 Å². The van der Waals surface area contributed by atoms with Gasteiger partial charge in [0.05, 0.1) is 18.1 Å². The fraction of sp³-hybridized carbons (Fsp3) is 0.250. The van der Waals surface area contributed by atoms with Crippen molar-refractivity contribution in [3.8, 4) is 0 Å². The molecule has 2 rings (SSSR count). The summed E-state index contributed by atoms with van der Waals surface area (Å²) in [5, 5.41) is 23.7. The number of hydrogen-bond donors (Lipinski definition) is 2. The van der Waals surface area contributed by atoms with Crippen LogP contribution in [0.4, 0.5) is 15.9 Å². The van der Waals surface area contributed by atoms with E-state index in [0.717, 1.165) is 18.2 Å². The molecule has 0 amide bonds.